The summed E-state index contributed by atoms with van der Waals surface area (Å²) in [6.45, 7) is 0. The second-order valence-electron chi connectivity index (χ2n) is 9.36. The van der Waals surface area contributed by atoms with E-state index in [1.54, 1.807) is 0 Å². The van der Waals surface area contributed by atoms with E-state index in [0.29, 0.717) is 0 Å². The fourth-order valence-electron chi connectivity index (χ4n) is 4.59. The molecule has 2 nitrogen and oxygen atoms in total. The monoisotopic (exact) mass is 584 g/mol. The number of para-hydroxylation sites is 4. The van der Waals surface area contributed by atoms with E-state index in [2.05, 4.69) is 70.2 Å². The fourth-order valence-corrected chi connectivity index (χ4v) is 4.59. The van der Waals surface area contributed by atoms with E-state index in [4.69, 9.17) is 12.8 Å². The van der Waals surface area contributed by atoms with Crippen LogP contribution in [0.5, 0.6) is 0 Å². The van der Waals surface area contributed by atoms with Crippen molar-refractivity contribution in [1.82, 2.24) is 0 Å². The minimum absolute atomic E-state index is 0. The van der Waals surface area contributed by atoms with Crippen molar-refractivity contribution in [2.24, 2.45) is 0 Å². The van der Waals surface area contributed by atoms with E-state index in [0.717, 1.165) is 45.3 Å². The number of nitrogens with zero attached hydrogens (tertiary/aromatic N) is 2. The van der Waals surface area contributed by atoms with E-state index in [1.165, 1.54) is 0 Å². The number of hydrogen-bond acceptors (Lipinski definition) is 2. The van der Waals surface area contributed by atoms with Crippen LogP contribution in [0.3, 0.4) is 0 Å². The molecule has 0 N–H and O–H groups in total. The Balaban J connectivity index is 0.000000192. The van der Waals surface area contributed by atoms with E-state index in [9.17, 15) is 0 Å². The van der Waals surface area contributed by atoms with Gasteiger partial charge in [0, 0.05) is 34.1 Å². The molecular formula is C40H28N2Ti. The van der Waals surface area contributed by atoms with Gasteiger partial charge in [0.2, 0.25) is 0 Å². The van der Waals surface area contributed by atoms with Crippen molar-refractivity contribution in [3.63, 3.8) is 0 Å². The topological polar surface area (TPSA) is 6.48 Å². The Labute approximate surface area is 270 Å². The van der Waals surface area contributed by atoms with Gasteiger partial charge >= 0.3 is 21.7 Å². The Bertz CT molecular complexity index is 1540. The van der Waals surface area contributed by atoms with Crippen molar-refractivity contribution in [3.8, 4) is 11.8 Å². The molecule has 0 amide bonds. The number of rotatable bonds is 6. The molecule has 6 aromatic rings. The van der Waals surface area contributed by atoms with E-state index in [1.807, 2.05) is 121 Å². The minimum atomic E-state index is 0. The van der Waals surface area contributed by atoms with Gasteiger partial charge in [0.1, 0.15) is 0 Å². The molecule has 0 saturated heterocycles. The third kappa shape index (κ3) is 7.94. The summed E-state index contributed by atoms with van der Waals surface area (Å²) in [6, 6.07) is 56.7. The number of hydrogen-bond donors (Lipinski definition) is 0. The van der Waals surface area contributed by atoms with Crippen LogP contribution in [0.1, 0.15) is 11.1 Å². The SMILES string of the molecule is [C-]#Cc1ccc(N(c2ccccc2)c2ccccc2)cc1.[C-]#Cc1ccc(N(c2ccccc2)c2ccccc2)cc1.[Ti+2]. The summed E-state index contributed by atoms with van der Waals surface area (Å²) >= 11 is 0. The number of benzene rings is 6. The summed E-state index contributed by atoms with van der Waals surface area (Å²) in [7, 11) is 0. The van der Waals surface area contributed by atoms with E-state index >= 15 is 0 Å². The van der Waals surface area contributed by atoms with Gasteiger partial charge in [-0.2, -0.15) is 0 Å². The summed E-state index contributed by atoms with van der Waals surface area (Å²) in [5, 5.41) is 0. The maximum atomic E-state index is 7.19. The molecule has 0 saturated carbocycles. The van der Waals surface area contributed by atoms with Crippen LogP contribution in [0.2, 0.25) is 0 Å². The van der Waals surface area contributed by atoms with E-state index < -0.39 is 0 Å². The maximum Gasteiger partial charge on any atom is 2.00 e. The van der Waals surface area contributed by atoms with Gasteiger partial charge in [-0.25, -0.2) is 0 Å². The molecule has 0 atom stereocenters. The second kappa shape index (κ2) is 15.7. The Kier molecular flexibility index (Phi) is 11.2. The molecule has 0 bridgehead atoms. The average Bonchev–Trinajstić information content (AvgIpc) is 3.08. The van der Waals surface area contributed by atoms with Gasteiger partial charge in [0.25, 0.3) is 0 Å². The van der Waals surface area contributed by atoms with Crippen molar-refractivity contribution in [3.05, 3.63) is 194 Å². The molecule has 43 heavy (non-hydrogen) atoms. The largest absolute Gasteiger partial charge is 2.00 e. The Morgan fingerprint density at radius 2 is 0.512 bits per heavy atom. The molecule has 0 spiro atoms. The summed E-state index contributed by atoms with van der Waals surface area (Å²) in [5.41, 5.74) is 8.11. The van der Waals surface area contributed by atoms with Crippen LogP contribution < -0.4 is 9.80 Å². The van der Waals surface area contributed by atoms with Gasteiger partial charge in [-0.05, 0) is 48.5 Å². The maximum absolute atomic E-state index is 7.19. The van der Waals surface area contributed by atoms with Gasteiger partial charge in [-0.15, -0.1) is 35.4 Å². The molecule has 3 heteroatoms. The zero-order chi connectivity index (χ0) is 29.0. The Hall–Kier alpha value is -5.25. The smallest absolute Gasteiger partial charge is 0.366 e. The van der Waals surface area contributed by atoms with Crippen LogP contribution in [0.4, 0.5) is 34.1 Å². The zero-order valence-electron chi connectivity index (χ0n) is 23.6. The summed E-state index contributed by atoms with van der Waals surface area (Å²) < 4.78 is 0. The first-order valence-electron chi connectivity index (χ1n) is 13.6. The van der Waals surface area contributed by atoms with Crippen LogP contribution in [-0.4, -0.2) is 0 Å². The standard InChI is InChI=1S/2C20H14N.Ti/c2*1-2-17-13-15-20(16-14-17)21(18-9-5-3-6-10-18)19-11-7-4-8-12-19;/h2*3-16H;/q2*-1;+2. The van der Waals surface area contributed by atoms with Gasteiger partial charge in [0.05, 0.1) is 0 Å². The fraction of sp³-hybridized carbons (Fsp3) is 0. The van der Waals surface area contributed by atoms with Crippen molar-refractivity contribution in [2.75, 3.05) is 9.80 Å². The summed E-state index contributed by atoms with van der Waals surface area (Å²) in [4.78, 5) is 4.38. The third-order valence-corrected chi connectivity index (χ3v) is 6.60. The van der Waals surface area contributed by atoms with Crippen molar-refractivity contribution < 1.29 is 21.7 Å². The van der Waals surface area contributed by atoms with Gasteiger partial charge in [0.15, 0.2) is 0 Å². The Morgan fingerprint density at radius 3 is 0.721 bits per heavy atom. The van der Waals surface area contributed by atoms with Crippen LogP contribution in [-0.2, 0) is 21.7 Å². The van der Waals surface area contributed by atoms with Gasteiger partial charge in [-0.3, -0.25) is 11.8 Å². The predicted molar refractivity (Wildman–Crippen MR) is 175 cm³/mol. The molecule has 0 radical (unpaired) electrons. The van der Waals surface area contributed by atoms with Crippen LogP contribution in [0.25, 0.3) is 0 Å². The molecule has 0 aliphatic heterocycles. The molecule has 0 fully saturated rings. The molecular weight excluding hydrogens is 556 g/mol. The molecule has 0 unspecified atom stereocenters. The molecule has 6 rings (SSSR count). The van der Waals surface area contributed by atoms with Crippen molar-refractivity contribution in [1.29, 1.82) is 0 Å². The van der Waals surface area contributed by atoms with Crippen LogP contribution in [0, 0.1) is 24.7 Å². The molecule has 0 heterocycles. The third-order valence-electron chi connectivity index (χ3n) is 6.60. The first kappa shape index (κ1) is 30.7. The predicted octanol–water partition coefficient (Wildman–Crippen LogP) is 10.2. The second-order valence-corrected chi connectivity index (χ2v) is 9.36. The molecule has 0 aromatic heterocycles. The first-order chi connectivity index (χ1) is 20.8. The Morgan fingerprint density at radius 1 is 0.302 bits per heavy atom. The molecule has 202 valence electrons. The van der Waals surface area contributed by atoms with Crippen molar-refractivity contribution in [2.45, 2.75) is 0 Å². The van der Waals surface area contributed by atoms with Gasteiger partial charge in [-0.1, -0.05) is 97.1 Å². The first-order valence-corrected chi connectivity index (χ1v) is 13.6. The van der Waals surface area contributed by atoms with E-state index in [-0.39, 0.29) is 21.7 Å². The number of anilines is 6. The van der Waals surface area contributed by atoms with Crippen LogP contribution in [0.15, 0.2) is 170 Å². The summed E-state index contributed by atoms with van der Waals surface area (Å²) in [6.07, 6.45) is 14.4. The normalized spacial score (nSPS) is 9.63. The minimum Gasteiger partial charge on any atom is -0.366 e. The zero-order valence-corrected chi connectivity index (χ0v) is 25.1. The van der Waals surface area contributed by atoms with Crippen molar-refractivity contribution >= 4 is 34.1 Å². The molecule has 0 aliphatic rings. The average molecular weight is 585 g/mol. The molecule has 0 aliphatic carbocycles. The van der Waals surface area contributed by atoms with Gasteiger partial charge < -0.3 is 22.6 Å². The van der Waals surface area contributed by atoms with Crippen LogP contribution >= 0.6 is 0 Å². The summed E-state index contributed by atoms with van der Waals surface area (Å²) in [5.74, 6) is 4.81. The quantitative estimate of drug-likeness (QED) is 0.109. The molecule has 6 aromatic carbocycles.